The Morgan fingerprint density at radius 1 is 1.04 bits per heavy atom. The number of hydrogen-bond donors (Lipinski definition) is 1. The van der Waals surface area contributed by atoms with Crippen molar-refractivity contribution in [3.63, 3.8) is 0 Å². The van der Waals surface area contributed by atoms with Crippen molar-refractivity contribution < 1.29 is 4.92 Å². The summed E-state index contributed by atoms with van der Waals surface area (Å²) in [7, 11) is 0. The fraction of sp³-hybridized carbons (Fsp3) is 0. The molecule has 0 aliphatic heterocycles. The first-order chi connectivity index (χ1) is 11.1. The molecule has 3 aromatic rings. The van der Waals surface area contributed by atoms with Crippen molar-refractivity contribution in [1.82, 2.24) is 4.98 Å². The monoisotopic (exact) mass is 417 g/mol. The number of nitro groups is 1. The maximum atomic E-state index is 11.2. The fourth-order valence-electron chi connectivity index (χ4n) is 2.21. The van der Waals surface area contributed by atoms with E-state index in [-0.39, 0.29) is 10.6 Å². The summed E-state index contributed by atoms with van der Waals surface area (Å²) in [6.07, 6.45) is 1.74. The second-order valence-corrected chi connectivity index (χ2v) is 6.08. The van der Waals surface area contributed by atoms with Gasteiger partial charge in [-0.1, -0.05) is 18.2 Å². The van der Waals surface area contributed by atoms with Gasteiger partial charge in [-0.15, -0.1) is 0 Å². The molecule has 0 radical (unpaired) electrons. The second-order valence-electron chi connectivity index (χ2n) is 4.84. The fourth-order valence-corrected chi connectivity index (χ4v) is 2.68. The topological polar surface area (TPSA) is 68.1 Å². The van der Waals surface area contributed by atoms with Crippen LogP contribution in [-0.4, -0.2) is 9.91 Å². The molecule has 0 amide bonds. The summed E-state index contributed by atoms with van der Waals surface area (Å²) < 4.78 is 0.821. The van der Waals surface area contributed by atoms with Crippen LogP contribution in [0.1, 0.15) is 0 Å². The average Bonchev–Trinajstić information content (AvgIpc) is 2.57. The van der Waals surface area contributed by atoms with Gasteiger partial charge in [0.15, 0.2) is 0 Å². The van der Waals surface area contributed by atoms with E-state index in [1.54, 1.807) is 18.3 Å². The Morgan fingerprint density at radius 2 is 1.91 bits per heavy atom. The zero-order chi connectivity index (χ0) is 16.2. The first-order valence-electron chi connectivity index (χ1n) is 6.86. The third-order valence-corrected chi connectivity index (χ3v) is 3.93. The molecule has 23 heavy (non-hydrogen) atoms. The highest BCUT2D eigenvalue weighted by Gasteiger charge is 2.14. The lowest BCUT2D eigenvalue weighted by atomic mass is 10.1. The Balaban J connectivity index is 1.94. The highest BCUT2D eigenvalue weighted by atomic mass is 127. The van der Waals surface area contributed by atoms with Crippen molar-refractivity contribution >= 4 is 39.7 Å². The normalized spacial score (nSPS) is 10.3. The molecule has 3 rings (SSSR count). The van der Waals surface area contributed by atoms with E-state index in [4.69, 9.17) is 0 Å². The van der Waals surface area contributed by atoms with Gasteiger partial charge < -0.3 is 5.32 Å². The molecule has 0 aliphatic rings. The number of benzene rings is 2. The van der Waals surface area contributed by atoms with Crippen LogP contribution in [0.3, 0.4) is 0 Å². The van der Waals surface area contributed by atoms with Crippen molar-refractivity contribution in [3.05, 3.63) is 80.5 Å². The standard InChI is InChI=1S/C17H12IN3O2/c18-13-7-8-16(17(11-13)21(22)23)20-14-5-3-4-12(10-14)15-6-1-2-9-19-15/h1-11,20H. The third-order valence-electron chi connectivity index (χ3n) is 3.26. The molecule has 0 fully saturated rings. The van der Waals surface area contributed by atoms with Crippen LogP contribution in [0.5, 0.6) is 0 Å². The summed E-state index contributed by atoms with van der Waals surface area (Å²) in [5, 5.41) is 14.3. The summed E-state index contributed by atoms with van der Waals surface area (Å²) in [4.78, 5) is 15.1. The molecule has 0 unspecified atom stereocenters. The first-order valence-corrected chi connectivity index (χ1v) is 7.94. The van der Waals surface area contributed by atoms with Crippen molar-refractivity contribution in [2.24, 2.45) is 0 Å². The van der Waals surface area contributed by atoms with Crippen LogP contribution in [0.2, 0.25) is 0 Å². The molecular formula is C17H12IN3O2. The minimum absolute atomic E-state index is 0.0557. The molecule has 1 heterocycles. The lowest BCUT2D eigenvalue weighted by molar-refractivity contribution is -0.384. The molecule has 1 aromatic heterocycles. The Bertz CT molecular complexity index is 853. The molecule has 0 saturated heterocycles. The summed E-state index contributed by atoms with van der Waals surface area (Å²) in [6.45, 7) is 0. The van der Waals surface area contributed by atoms with Crippen molar-refractivity contribution in [2.45, 2.75) is 0 Å². The summed E-state index contributed by atoms with van der Waals surface area (Å²) in [5.74, 6) is 0. The third kappa shape index (κ3) is 3.65. The Morgan fingerprint density at radius 3 is 2.65 bits per heavy atom. The summed E-state index contributed by atoms with van der Waals surface area (Å²) in [5.41, 5.74) is 3.10. The number of pyridine rings is 1. The zero-order valence-corrected chi connectivity index (χ0v) is 14.1. The molecule has 0 aliphatic carbocycles. The van der Waals surface area contributed by atoms with Crippen LogP contribution in [0.25, 0.3) is 11.3 Å². The number of nitrogens with zero attached hydrogens (tertiary/aromatic N) is 2. The van der Waals surface area contributed by atoms with Crippen molar-refractivity contribution in [3.8, 4) is 11.3 Å². The molecule has 1 N–H and O–H groups in total. The van der Waals surface area contributed by atoms with Crippen LogP contribution in [0.15, 0.2) is 66.9 Å². The smallest absolute Gasteiger partial charge is 0.293 e. The zero-order valence-electron chi connectivity index (χ0n) is 11.9. The highest BCUT2D eigenvalue weighted by molar-refractivity contribution is 14.1. The minimum Gasteiger partial charge on any atom is -0.350 e. The van der Waals surface area contributed by atoms with Gasteiger partial charge in [-0.05, 0) is 59.0 Å². The van der Waals surface area contributed by atoms with Gasteiger partial charge in [0.1, 0.15) is 5.69 Å². The lowest BCUT2D eigenvalue weighted by Crippen LogP contribution is -1.97. The van der Waals surface area contributed by atoms with Crippen molar-refractivity contribution in [2.75, 3.05) is 5.32 Å². The van der Waals surface area contributed by atoms with Gasteiger partial charge in [-0.25, -0.2) is 0 Å². The maximum absolute atomic E-state index is 11.2. The van der Waals surface area contributed by atoms with Gasteiger partial charge in [0.25, 0.3) is 5.69 Å². The quantitative estimate of drug-likeness (QED) is 0.368. The van der Waals surface area contributed by atoms with Gasteiger partial charge in [0.2, 0.25) is 0 Å². The Labute approximate surface area is 146 Å². The van der Waals surface area contributed by atoms with Crippen LogP contribution >= 0.6 is 22.6 Å². The predicted molar refractivity (Wildman–Crippen MR) is 98.8 cm³/mol. The first kappa shape index (κ1) is 15.4. The molecule has 5 nitrogen and oxygen atoms in total. The molecule has 0 bridgehead atoms. The van der Waals surface area contributed by atoms with Gasteiger partial charge in [0.05, 0.1) is 10.6 Å². The van der Waals surface area contributed by atoms with E-state index in [0.717, 1.165) is 20.5 Å². The molecular weight excluding hydrogens is 405 g/mol. The van der Waals surface area contributed by atoms with Crippen LogP contribution in [-0.2, 0) is 0 Å². The number of halogens is 1. The number of rotatable bonds is 4. The van der Waals surface area contributed by atoms with Gasteiger partial charge in [0, 0.05) is 27.1 Å². The average molecular weight is 417 g/mol. The molecule has 0 atom stereocenters. The maximum Gasteiger partial charge on any atom is 0.293 e. The summed E-state index contributed by atoms with van der Waals surface area (Å²) >= 11 is 2.06. The minimum atomic E-state index is -0.382. The molecule has 0 saturated carbocycles. The van der Waals surface area contributed by atoms with Crippen LogP contribution in [0.4, 0.5) is 17.1 Å². The lowest BCUT2D eigenvalue weighted by Gasteiger charge is -2.09. The number of nitrogens with one attached hydrogen (secondary N) is 1. The predicted octanol–water partition coefficient (Wildman–Crippen LogP) is 5.01. The number of aromatic nitrogens is 1. The highest BCUT2D eigenvalue weighted by Crippen LogP contribution is 2.30. The van der Waals surface area contributed by atoms with E-state index in [9.17, 15) is 10.1 Å². The van der Waals surface area contributed by atoms with E-state index < -0.39 is 0 Å². The van der Waals surface area contributed by atoms with E-state index in [0.29, 0.717) is 5.69 Å². The van der Waals surface area contributed by atoms with E-state index in [2.05, 4.69) is 32.9 Å². The SMILES string of the molecule is O=[N+]([O-])c1cc(I)ccc1Nc1cccc(-c2ccccn2)c1. The van der Waals surface area contributed by atoms with E-state index >= 15 is 0 Å². The van der Waals surface area contributed by atoms with Gasteiger partial charge in [-0.3, -0.25) is 15.1 Å². The van der Waals surface area contributed by atoms with Gasteiger partial charge >= 0.3 is 0 Å². The molecule has 114 valence electrons. The van der Waals surface area contributed by atoms with Crippen LogP contribution < -0.4 is 5.32 Å². The molecule has 6 heteroatoms. The number of hydrogen-bond acceptors (Lipinski definition) is 4. The number of anilines is 2. The second kappa shape index (κ2) is 6.74. The van der Waals surface area contributed by atoms with E-state index in [1.807, 2.05) is 48.5 Å². The molecule has 2 aromatic carbocycles. The van der Waals surface area contributed by atoms with E-state index in [1.165, 1.54) is 0 Å². The summed E-state index contributed by atoms with van der Waals surface area (Å²) in [6, 6.07) is 18.4. The van der Waals surface area contributed by atoms with Gasteiger partial charge in [-0.2, -0.15) is 0 Å². The Hall–Kier alpha value is -2.48. The van der Waals surface area contributed by atoms with Crippen LogP contribution in [0, 0.1) is 13.7 Å². The Kier molecular flexibility index (Phi) is 4.52. The van der Waals surface area contributed by atoms with Crippen molar-refractivity contribution in [1.29, 1.82) is 0 Å². The molecule has 0 spiro atoms. The largest absolute Gasteiger partial charge is 0.350 e. The number of nitro benzene ring substituents is 1.